The number of hydrogen-bond acceptors (Lipinski definition) is 4. The van der Waals surface area contributed by atoms with Crippen LogP contribution in [0.1, 0.15) is 25.0 Å². The van der Waals surface area contributed by atoms with Gasteiger partial charge < -0.3 is 10.2 Å². The molecule has 3 aromatic carbocycles. The second-order valence-electron chi connectivity index (χ2n) is 9.74. The molecule has 3 rings (SSSR count). The van der Waals surface area contributed by atoms with Gasteiger partial charge in [-0.3, -0.25) is 13.9 Å². The van der Waals surface area contributed by atoms with Gasteiger partial charge in [0.15, 0.2) is 0 Å². The molecule has 1 atom stereocenters. The highest BCUT2D eigenvalue weighted by molar-refractivity contribution is 7.92. The van der Waals surface area contributed by atoms with Crippen LogP contribution < -0.4 is 9.62 Å². The maximum Gasteiger partial charge on any atom is 0.244 e. The van der Waals surface area contributed by atoms with Gasteiger partial charge in [0.25, 0.3) is 0 Å². The lowest BCUT2D eigenvalue weighted by molar-refractivity contribution is -0.140. The molecule has 0 saturated heterocycles. The number of carbonyl (C=O) groups excluding carboxylic acids is 2. The molecule has 3 aromatic rings. The topological polar surface area (TPSA) is 86.8 Å². The summed E-state index contributed by atoms with van der Waals surface area (Å²) in [6, 6.07) is 21.7. The smallest absolute Gasteiger partial charge is 0.244 e. The van der Waals surface area contributed by atoms with Crippen LogP contribution in [0, 0.1) is 5.92 Å². The first kappa shape index (κ1) is 30.5. The molecule has 0 unspecified atom stereocenters. The van der Waals surface area contributed by atoms with Crippen LogP contribution in [0.2, 0.25) is 10.0 Å². The van der Waals surface area contributed by atoms with Crippen molar-refractivity contribution in [1.82, 2.24) is 10.2 Å². The Morgan fingerprint density at radius 3 is 2.10 bits per heavy atom. The lowest BCUT2D eigenvalue weighted by Gasteiger charge is -2.33. The zero-order valence-corrected chi connectivity index (χ0v) is 24.5. The Morgan fingerprint density at radius 2 is 1.51 bits per heavy atom. The molecular formula is C29H33Cl2N3O4S. The Bertz CT molecular complexity index is 1370. The van der Waals surface area contributed by atoms with Gasteiger partial charge in [0.1, 0.15) is 12.6 Å². The van der Waals surface area contributed by atoms with Crippen LogP contribution in [0.25, 0.3) is 0 Å². The van der Waals surface area contributed by atoms with E-state index in [-0.39, 0.29) is 24.8 Å². The monoisotopic (exact) mass is 589 g/mol. The van der Waals surface area contributed by atoms with Crippen LogP contribution in [0.3, 0.4) is 0 Å². The lowest BCUT2D eigenvalue weighted by atomic mass is 10.0. The molecule has 0 fully saturated rings. The maximum atomic E-state index is 14.0. The molecule has 0 radical (unpaired) electrons. The molecular weight excluding hydrogens is 557 g/mol. The quantitative estimate of drug-likeness (QED) is 0.315. The molecule has 10 heteroatoms. The maximum absolute atomic E-state index is 14.0. The number of hydrogen-bond donors (Lipinski definition) is 1. The standard InChI is InChI=1S/C29H33Cl2N3O4S/c1-21(2)18-32-29(36)27(17-22-8-5-4-6-9-22)33(19-23-10-7-11-25(31)16-23)28(35)20-34(39(3,37)38)26-14-12-24(30)13-15-26/h4-16,21,27H,17-20H2,1-3H3,(H,32,36)/t27-/m0/s1. The zero-order chi connectivity index (χ0) is 28.6. The van der Waals surface area contributed by atoms with Crippen LogP contribution in [-0.2, 0) is 32.6 Å². The van der Waals surface area contributed by atoms with Crippen molar-refractivity contribution in [3.63, 3.8) is 0 Å². The normalized spacial score (nSPS) is 12.2. The lowest BCUT2D eigenvalue weighted by Crippen LogP contribution is -2.53. The van der Waals surface area contributed by atoms with E-state index in [1.54, 1.807) is 30.3 Å². The first-order valence-corrected chi connectivity index (χ1v) is 15.1. The van der Waals surface area contributed by atoms with Crippen molar-refractivity contribution in [3.8, 4) is 0 Å². The third-order valence-electron chi connectivity index (χ3n) is 5.99. The molecule has 0 aliphatic carbocycles. The Morgan fingerprint density at radius 1 is 0.872 bits per heavy atom. The van der Waals surface area contributed by atoms with Crippen LogP contribution in [0.5, 0.6) is 0 Å². The number of sulfonamides is 1. The second kappa shape index (κ2) is 13.8. The first-order chi connectivity index (χ1) is 18.4. The molecule has 0 saturated carbocycles. The van der Waals surface area contributed by atoms with Gasteiger partial charge in [-0.15, -0.1) is 0 Å². The van der Waals surface area contributed by atoms with Crippen molar-refractivity contribution >= 4 is 50.7 Å². The van der Waals surface area contributed by atoms with Gasteiger partial charge in [0, 0.05) is 29.6 Å². The van der Waals surface area contributed by atoms with E-state index >= 15 is 0 Å². The van der Waals surface area contributed by atoms with Crippen molar-refractivity contribution in [3.05, 3.63) is 100 Å². The number of carbonyl (C=O) groups is 2. The highest BCUT2D eigenvalue weighted by Gasteiger charge is 2.33. The molecule has 0 aromatic heterocycles. The molecule has 1 N–H and O–H groups in total. The van der Waals surface area contributed by atoms with E-state index in [9.17, 15) is 18.0 Å². The Labute approximate surface area is 240 Å². The van der Waals surface area contributed by atoms with Gasteiger partial charge in [0.05, 0.1) is 11.9 Å². The first-order valence-electron chi connectivity index (χ1n) is 12.5. The van der Waals surface area contributed by atoms with Gasteiger partial charge in [0.2, 0.25) is 21.8 Å². The van der Waals surface area contributed by atoms with Crippen molar-refractivity contribution in [2.24, 2.45) is 5.92 Å². The predicted molar refractivity (Wildman–Crippen MR) is 157 cm³/mol. The molecule has 7 nitrogen and oxygen atoms in total. The molecule has 0 aliphatic rings. The molecule has 2 amide bonds. The van der Waals surface area contributed by atoms with Crippen molar-refractivity contribution in [2.75, 3.05) is 23.7 Å². The van der Waals surface area contributed by atoms with E-state index in [1.165, 1.54) is 17.0 Å². The van der Waals surface area contributed by atoms with Gasteiger partial charge in [-0.05, 0) is 53.4 Å². The molecule has 0 bridgehead atoms. The molecule has 0 spiro atoms. The third kappa shape index (κ3) is 9.27. The van der Waals surface area contributed by atoms with Crippen LogP contribution in [0.15, 0.2) is 78.9 Å². The number of nitrogens with zero attached hydrogens (tertiary/aromatic N) is 2. The Kier molecular flexibility index (Phi) is 10.8. The number of amides is 2. The predicted octanol–water partition coefficient (Wildman–Crippen LogP) is 5.17. The summed E-state index contributed by atoms with van der Waals surface area (Å²) < 4.78 is 26.6. The zero-order valence-electron chi connectivity index (χ0n) is 22.2. The SMILES string of the molecule is CC(C)CNC(=O)[C@H](Cc1ccccc1)N(Cc1cccc(Cl)c1)C(=O)CN(c1ccc(Cl)cc1)S(C)(=O)=O. The average molecular weight is 591 g/mol. The Hall–Kier alpha value is -3.07. The highest BCUT2D eigenvalue weighted by atomic mass is 35.5. The van der Waals surface area contributed by atoms with Gasteiger partial charge in [-0.1, -0.05) is 79.5 Å². The van der Waals surface area contributed by atoms with Crippen LogP contribution in [0.4, 0.5) is 5.69 Å². The number of anilines is 1. The van der Waals surface area contributed by atoms with Crippen molar-refractivity contribution in [1.29, 1.82) is 0 Å². The molecule has 0 heterocycles. The number of nitrogens with one attached hydrogen (secondary N) is 1. The highest BCUT2D eigenvalue weighted by Crippen LogP contribution is 2.23. The van der Waals surface area contributed by atoms with E-state index < -0.39 is 28.5 Å². The fraction of sp³-hybridized carbons (Fsp3) is 0.310. The molecule has 39 heavy (non-hydrogen) atoms. The fourth-order valence-electron chi connectivity index (χ4n) is 4.03. The summed E-state index contributed by atoms with van der Waals surface area (Å²) in [5.74, 6) is -0.648. The number of rotatable bonds is 12. The van der Waals surface area contributed by atoms with Crippen molar-refractivity contribution < 1.29 is 18.0 Å². The van der Waals surface area contributed by atoms with E-state index in [0.717, 1.165) is 16.1 Å². The van der Waals surface area contributed by atoms with E-state index in [2.05, 4.69) is 5.32 Å². The molecule has 0 aliphatic heterocycles. The summed E-state index contributed by atoms with van der Waals surface area (Å²) >= 11 is 12.2. The van der Waals surface area contributed by atoms with Gasteiger partial charge >= 0.3 is 0 Å². The van der Waals surface area contributed by atoms with Gasteiger partial charge in [-0.2, -0.15) is 0 Å². The second-order valence-corrected chi connectivity index (χ2v) is 12.5. The summed E-state index contributed by atoms with van der Waals surface area (Å²) in [5, 5.41) is 3.88. The minimum Gasteiger partial charge on any atom is -0.354 e. The molecule has 208 valence electrons. The minimum atomic E-state index is -3.84. The summed E-state index contributed by atoms with van der Waals surface area (Å²) in [6.45, 7) is 3.96. The summed E-state index contributed by atoms with van der Waals surface area (Å²) in [5.41, 5.74) is 1.87. The van der Waals surface area contributed by atoms with E-state index in [4.69, 9.17) is 23.2 Å². The van der Waals surface area contributed by atoms with E-state index in [1.807, 2.05) is 50.2 Å². The largest absolute Gasteiger partial charge is 0.354 e. The Balaban J connectivity index is 2.04. The number of benzene rings is 3. The average Bonchev–Trinajstić information content (AvgIpc) is 2.88. The van der Waals surface area contributed by atoms with Crippen molar-refractivity contribution in [2.45, 2.75) is 32.9 Å². The van der Waals surface area contributed by atoms with Crippen LogP contribution >= 0.6 is 23.2 Å². The minimum absolute atomic E-state index is 0.0597. The fourth-order valence-corrected chi connectivity index (χ4v) is 5.22. The van der Waals surface area contributed by atoms with E-state index in [0.29, 0.717) is 27.8 Å². The third-order valence-corrected chi connectivity index (χ3v) is 7.62. The van der Waals surface area contributed by atoms with Gasteiger partial charge in [-0.25, -0.2) is 8.42 Å². The summed E-state index contributed by atoms with van der Waals surface area (Å²) in [4.78, 5) is 29.0. The summed E-state index contributed by atoms with van der Waals surface area (Å²) in [6.07, 6.45) is 1.28. The summed E-state index contributed by atoms with van der Waals surface area (Å²) in [7, 11) is -3.84. The number of halogens is 2. The van der Waals surface area contributed by atoms with Crippen LogP contribution in [-0.4, -0.2) is 50.5 Å².